The van der Waals surface area contributed by atoms with E-state index >= 15 is 0 Å². The zero-order valence-electron chi connectivity index (χ0n) is 8.98. The smallest absolute Gasteiger partial charge is 0.213 e. The molecule has 0 spiro atoms. The van der Waals surface area contributed by atoms with Gasteiger partial charge >= 0.3 is 0 Å². The molecule has 0 radical (unpaired) electrons. The van der Waals surface area contributed by atoms with Crippen molar-refractivity contribution in [2.45, 2.75) is 37.6 Å². The summed E-state index contributed by atoms with van der Waals surface area (Å²) >= 11 is 0. The molecule has 0 saturated heterocycles. The summed E-state index contributed by atoms with van der Waals surface area (Å²) in [5.41, 5.74) is 6.12. The summed E-state index contributed by atoms with van der Waals surface area (Å²) in [6.45, 7) is 0.587. The van der Waals surface area contributed by atoms with Gasteiger partial charge in [-0.3, -0.25) is 0 Å². The maximum Gasteiger partial charge on any atom is 0.213 e. The zero-order chi connectivity index (χ0) is 10.6. The Morgan fingerprint density at radius 1 is 1.27 bits per heavy atom. The van der Waals surface area contributed by atoms with Crippen LogP contribution in [0.25, 0.3) is 0 Å². The van der Waals surface area contributed by atoms with Crippen LogP contribution in [0.4, 0.5) is 0 Å². The van der Waals surface area contributed by atoms with Crippen molar-refractivity contribution in [3.63, 3.8) is 0 Å². The predicted octanol–water partition coefficient (Wildman–Crippen LogP) is 2.12. The Labute approximate surface area is 90.7 Å². The highest BCUT2D eigenvalue weighted by Crippen LogP contribution is 2.26. The van der Waals surface area contributed by atoms with Crippen molar-refractivity contribution in [2.24, 2.45) is 5.73 Å². The highest BCUT2D eigenvalue weighted by molar-refractivity contribution is 5.09. The minimum atomic E-state index is -0.129. The van der Waals surface area contributed by atoms with Crippen LogP contribution in [0, 0.1) is 0 Å². The molecule has 1 aliphatic carbocycles. The summed E-state index contributed by atoms with van der Waals surface area (Å²) in [4.78, 5) is 4.12. The molecule has 1 fully saturated rings. The van der Waals surface area contributed by atoms with Gasteiger partial charge in [0.15, 0.2) is 0 Å². The molecule has 1 aromatic rings. The molecule has 3 nitrogen and oxygen atoms in total. The van der Waals surface area contributed by atoms with E-state index in [9.17, 15) is 0 Å². The minimum Gasteiger partial charge on any atom is -0.476 e. The first-order valence-corrected chi connectivity index (χ1v) is 5.61. The standard InChI is InChI=1S/C12H18N2O/c13-12(7-3-1-4-8-12)10-15-11-6-2-5-9-14-11/h2,5-6,9H,1,3-4,7-8,10,13H2. The highest BCUT2D eigenvalue weighted by Gasteiger charge is 2.28. The first kappa shape index (κ1) is 10.4. The Bertz CT molecular complexity index is 294. The van der Waals surface area contributed by atoms with Gasteiger partial charge in [0.1, 0.15) is 6.61 Å². The van der Waals surface area contributed by atoms with Gasteiger partial charge < -0.3 is 10.5 Å². The van der Waals surface area contributed by atoms with Gasteiger partial charge in [0.2, 0.25) is 5.88 Å². The molecule has 3 heteroatoms. The summed E-state index contributed by atoms with van der Waals surface area (Å²) < 4.78 is 5.61. The van der Waals surface area contributed by atoms with Crippen LogP contribution in [-0.2, 0) is 0 Å². The molecule has 1 aliphatic rings. The Hall–Kier alpha value is -1.09. The molecule has 1 saturated carbocycles. The van der Waals surface area contributed by atoms with Gasteiger partial charge in [0, 0.05) is 12.3 Å². The summed E-state index contributed by atoms with van der Waals surface area (Å²) in [7, 11) is 0. The summed E-state index contributed by atoms with van der Waals surface area (Å²) in [6.07, 6.45) is 7.63. The van der Waals surface area contributed by atoms with E-state index in [4.69, 9.17) is 10.5 Å². The molecular weight excluding hydrogens is 188 g/mol. The number of hydrogen-bond acceptors (Lipinski definition) is 3. The van der Waals surface area contributed by atoms with Gasteiger partial charge in [-0.15, -0.1) is 0 Å². The lowest BCUT2D eigenvalue weighted by Crippen LogP contribution is -2.47. The van der Waals surface area contributed by atoms with E-state index in [1.807, 2.05) is 18.2 Å². The van der Waals surface area contributed by atoms with Gasteiger partial charge in [-0.25, -0.2) is 4.98 Å². The molecule has 0 aromatic carbocycles. The van der Waals surface area contributed by atoms with Crippen LogP contribution in [0.2, 0.25) is 0 Å². The number of rotatable bonds is 3. The maximum absolute atomic E-state index is 6.25. The fourth-order valence-corrected chi connectivity index (χ4v) is 2.05. The van der Waals surface area contributed by atoms with E-state index in [1.54, 1.807) is 6.20 Å². The van der Waals surface area contributed by atoms with E-state index in [-0.39, 0.29) is 5.54 Å². The predicted molar refractivity (Wildman–Crippen MR) is 59.7 cm³/mol. The molecule has 2 N–H and O–H groups in total. The molecule has 0 unspecified atom stereocenters. The van der Waals surface area contributed by atoms with Crippen molar-refractivity contribution in [3.8, 4) is 5.88 Å². The van der Waals surface area contributed by atoms with E-state index in [0.717, 1.165) is 12.8 Å². The Balaban J connectivity index is 1.87. The van der Waals surface area contributed by atoms with Crippen LogP contribution in [0.5, 0.6) is 5.88 Å². The van der Waals surface area contributed by atoms with E-state index in [0.29, 0.717) is 12.5 Å². The lowest BCUT2D eigenvalue weighted by atomic mass is 9.83. The van der Waals surface area contributed by atoms with E-state index in [1.165, 1.54) is 19.3 Å². The normalized spacial score (nSPS) is 19.8. The third-order valence-corrected chi connectivity index (χ3v) is 2.99. The van der Waals surface area contributed by atoms with Gasteiger partial charge in [0.05, 0.1) is 5.54 Å². The molecule has 1 heterocycles. The minimum absolute atomic E-state index is 0.129. The molecule has 2 rings (SSSR count). The molecule has 82 valence electrons. The van der Waals surface area contributed by atoms with Crippen LogP contribution in [0.1, 0.15) is 32.1 Å². The Kier molecular flexibility index (Phi) is 3.21. The second-order valence-electron chi connectivity index (χ2n) is 4.38. The van der Waals surface area contributed by atoms with Gasteiger partial charge in [0.25, 0.3) is 0 Å². The van der Waals surface area contributed by atoms with E-state index in [2.05, 4.69) is 4.98 Å². The Morgan fingerprint density at radius 2 is 2.07 bits per heavy atom. The molecular formula is C12H18N2O. The second kappa shape index (κ2) is 4.62. The first-order valence-electron chi connectivity index (χ1n) is 5.61. The van der Waals surface area contributed by atoms with Gasteiger partial charge in [-0.2, -0.15) is 0 Å². The largest absolute Gasteiger partial charge is 0.476 e. The SMILES string of the molecule is NC1(COc2ccccn2)CCCCC1. The van der Waals surface area contributed by atoms with Crippen LogP contribution in [0.15, 0.2) is 24.4 Å². The quantitative estimate of drug-likeness (QED) is 0.824. The number of ether oxygens (including phenoxy) is 1. The third kappa shape index (κ3) is 2.93. The first-order chi connectivity index (χ1) is 7.29. The molecule has 1 aromatic heterocycles. The van der Waals surface area contributed by atoms with Gasteiger partial charge in [-0.1, -0.05) is 25.3 Å². The zero-order valence-corrected chi connectivity index (χ0v) is 8.98. The van der Waals surface area contributed by atoms with Crippen molar-refractivity contribution in [1.29, 1.82) is 0 Å². The van der Waals surface area contributed by atoms with E-state index < -0.39 is 0 Å². The second-order valence-corrected chi connectivity index (χ2v) is 4.38. The lowest BCUT2D eigenvalue weighted by molar-refractivity contribution is 0.169. The third-order valence-electron chi connectivity index (χ3n) is 2.99. The number of nitrogens with zero attached hydrogens (tertiary/aromatic N) is 1. The molecule has 0 atom stereocenters. The number of nitrogens with two attached hydrogens (primary N) is 1. The van der Waals surface area contributed by atoms with Crippen molar-refractivity contribution in [1.82, 2.24) is 4.98 Å². The number of pyridine rings is 1. The topological polar surface area (TPSA) is 48.1 Å². The summed E-state index contributed by atoms with van der Waals surface area (Å²) in [5.74, 6) is 0.674. The van der Waals surface area contributed by atoms with Crippen LogP contribution in [-0.4, -0.2) is 17.1 Å². The van der Waals surface area contributed by atoms with Gasteiger partial charge in [-0.05, 0) is 18.9 Å². The fourth-order valence-electron chi connectivity index (χ4n) is 2.05. The molecule has 15 heavy (non-hydrogen) atoms. The van der Waals surface area contributed by atoms with Crippen LogP contribution >= 0.6 is 0 Å². The van der Waals surface area contributed by atoms with Crippen molar-refractivity contribution in [2.75, 3.05) is 6.61 Å². The van der Waals surface area contributed by atoms with Crippen molar-refractivity contribution in [3.05, 3.63) is 24.4 Å². The highest BCUT2D eigenvalue weighted by atomic mass is 16.5. The van der Waals surface area contributed by atoms with Crippen molar-refractivity contribution >= 4 is 0 Å². The monoisotopic (exact) mass is 206 g/mol. The van der Waals surface area contributed by atoms with Crippen molar-refractivity contribution < 1.29 is 4.74 Å². The number of aromatic nitrogens is 1. The molecule has 0 bridgehead atoms. The average Bonchev–Trinajstić information content (AvgIpc) is 2.29. The maximum atomic E-state index is 6.25. The summed E-state index contributed by atoms with van der Waals surface area (Å²) in [6, 6.07) is 5.67. The molecule has 0 aliphatic heterocycles. The van der Waals surface area contributed by atoms with Crippen LogP contribution < -0.4 is 10.5 Å². The van der Waals surface area contributed by atoms with Crippen LogP contribution in [0.3, 0.4) is 0 Å². The fraction of sp³-hybridized carbons (Fsp3) is 0.583. The summed E-state index contributed by atoms with van der Waals surface area (Å²) in [5, 5.41) is 0. The average molecular weight is 206 g/mol. The number of hydrogen-bond donors (Lipinski definition) is 1. The molecule has 0 amide bonds. The Morgan fingerprint density at radius 3 is 2.73 bits per heavy atom. The lowest BCUT2D eigenvalue weighted by Gasteiger charge is -2.32.